The Labute approximate surface area is 114 Å². The van der Waals surface area contributed by atoms with Gasteiger partial charge in [0.25, 0.3) is 0 Å². The molecule has 0 amide bonds. The third-order valence-electron chi connectivity index (χ3n) is 3.50. The molecule has 0 radical (unpaired) electrons. The SMILES string of the molecule is Cc1ccc([C@H](C)NC[C@@H](C)c2c(C)noc2C)o1. The molecule has 0 fully saturated rings. The number of aryl methyl sites for hydroxylation is 3. The van der Waals surface area contributed by atoms with Gasteiger partial charge in [0, 0.05) is 12.1 Å². The number of hydrogen-bond donors (Lipinski definition) is 1. The average molecular weight is 262 g/mol. The zero-order chi connectivity index (χ0) is 14.0. The summed E-state index contributed by atoms with van der Waals surface area (Å²) in [6, 6.07) is 4.22. The average Bonchev–Trinajstić information content (AvgIpc) is 2.93. The highest BCUT2D eigenvalue weighted by Crippen LogP contribution is 2.23. The first kappa shape index (κ1) is 13.9. The molecule has 0 aliphatic heterocycles. The summed E-state index contributed by atoms with van der Waals surface area (Å²) in [5, 5.41) is 7.50. The van der Waals surface area contributed by atoms with Gasteiger partial charge in [0.05, 0.1) is 11.7 Å². The van der Waals surface area contributed by atoms with Gasteiger partial charge >= 0.3 is 0 Å². The Morgan fingerprint density at radius 3 is 2.47 bits per heavy atom. The van der Waals surface area contributed by atoms with Gasteiger partial charge < -0.3 is 14.3 Å². The summed E-state index contributed by atoms with van der Waals surface area (Å²) in [4.78, 5) is 0. The summed E-state index contributed by atoms with van der Waals surface area (Å²) in [6.07, 6.45) is 0. The minimum absolute atomic E-state index is 0.205. The van der Waals surface area contributed by atoms with E-state index in [0.717, 1.165) is 29.5 Å². The van der Waals surface area contributed by atoms with Crippen LogP contribution in [0.15, 0.2) is 21.1 Å². The maximum atomic E-state index is 5.62. The fourth-order valence-corrected chi connectivity index (χ4v) is 2.44. The molecule has 0 saturated carbocycles. The van der Waals surface area contributed by atoms with Gasteiger partial charge in [-0.3, -0.25) is 0 Å². The highest BCUT2D eigenvalue weighted by atomic mass is 16.5. The van der Waals surface area contributed by atoms with Crippen LogP contribution in [0.2, 0.25) is 0 Å². The Bertz CT molecular complexity index is 523. The van der Waals surface area contributed by atoms with Crippen molar-refractivity contribution >= 4 is 0 Å². The first-order valence-electron chi connectivity index (χ1n) is 6.71. The maximum absolute atomic E-state index is 5.62. The number of aromatic nitrogens is 1. The van der Waals surface area contributed by atoms with E-state index in [1.165, 1.54) is 5.56 Å². The van der Waals surface area contributed by atoms with Gasteiger partial charge in [-0.1, -0.05) is 12.1 Å². The lowest BCUT2D eigenvalue weighted by molar-refractivity contribution is 0.389. The number of nitrogens with zero attached hydrogens (tertiary/aromatic N) is 1. The van der Waals surface area contributed by atoms with Crippen molar-refractivity contribution in [1.29, 1.82) is 0 Å². The van der Waals surface area contributed by atoms with Gasteiger partial charge in [-0.15, -0.1) is 0 Å². The smallest absolute Gasteiger partial charge is 0.137 e. The van der Waals surface area contributed by atoms with Crippen molar-refractivity contribution in [2.75, 3.05) is 6.54 Å². The second-order valence-electron chi connectivity index (χ2n) is 5.22. The van der Waals surface area contributed by atoms with Crippen LogP contribution in [0.3, 0.4) is 0 Å². The third-order valence-corrected chi connectivity index (χ3v) is 3.50. The normalized spacial score (nSPS) is 14.6. The van der Waals surface area contributed by atoms with Crippen LogP contribution in [0, 0.1) is 20.8 Å². The van der Waals surface area contributed by atoms with E-state index in [1.807, 2.05) is 32.9 Å². The van der Waals surface area contributed by atoms with Crippen molar-refractivity contribution in [3.05, 3.63) is 40.7 Å². The highest BCUT2D eigenvalue weighted by molar-refractivity contribution is 5.25. The predicted molar refractivity (Wildman–Crippen MR) is 74.3 cm³/mol. The van der Waals surface area contributed by atoms with Crippen LogP contribution in [0.1, 0.15) is 54.3 Å². The molecule has 2 aromatic rings. The van der Waals surface area contributed by atoms with E-state index in [-0.39, 0.29) is 6.04 Å². The fourth-order valence-electron chi connectivity index (χ4n) is 2.44. The molecule has 0 spiro atoms. The lowest BCUT2D eigenvalue weighted by Crippen LogP contribution is -2.23. The number of rotatable bonds is 5. The van der Waals surface area contributed by atoms with Crippen LogP contribution in [-0.2, 0) is 0 Å². The lowest BCUT2D eigenvalue weighted by atomic mass is 9.99. The molecule has 2 rings (SSSR count). The zero-order valence-electron chi connectivity index (χ0n) is 12.3. The molecule has 0 aliphatic rings. The predicted octanol–water partition coefficient (Wildman–Crippen LogP) is 3.65. The first-order chi connectivity index (χ1) is 8.99. The molecule has 104 valence electrons. The molecule has 0 unspecified atom stereocenters. The molecule has 0 bridgehead atoms. The van der Waals surface area contributed by atoms with Gasteiger partial charge in [0.15, 0.2) is 0 Å². The van der Waals surface area contributed by atoms with E-state index < -0.39 is 0 Å². The van der Waals surface area contributed by atoms with E-state index in [0.29, 0.717) is 5.92 Å². The van der Waals surface area contributed by atoms with Gasteiger partial charge in [0.2, 0.25) is 0 Å². The molecule has 2 atom stereocenters. The molecule has 2 aromatic heterocycles. The van der Waals surface area contributed by atoms with Crippen molar-refractivity contribution in [2.45, 2.75) is 46.6 Å². The van der Waals surface area contributed by atoms with E-state index in [9.17, 15) is 0 Å². The Morgan fingerprint density at radius 1 is 1.21 bits per heavy atom. The van der Waals surface area contributed by atoms with Gasteiger partial charge in [0.1, 0.15) is 17.3 Å². The van der Waals surface area contributed by atoms with Gasteiger partial charge in [-0.05, 0) is 45.7 Å². The molecule has 0 aliphatic carbocycles. The first-order valence-corrected chi connectivity index (χ1v) is 6.71. The van der Waals surface area contributed by atoms with Crippen LogP contribution < -0.4 is 5.32 Å². The Morgan fingerprint density at radius 2 is 1.95 bits per heavy atom. The molecule has 19 heavy (non-hydrogen) atoms. The Balaban J connectivity index is 1.95. The molecular formula is C15H22N2O2. The second kappa shape index (κ2) is 5.61. The van der Waals surface area contributed by atoms with Gasteiger partial charge in [-0.25, -0.2) is 0 Å². The highest BCUT2D eigenvalue weighted by Gasteiger charge is 2.17. The molecule has 4 heteroatoms. The van der Waals surface area contributed by atoms with E-state index in [2.05, 4.69) is 24.3 Å². The summed E-state index contributed by atoms with van der Waals surface area (Å²) in [6.45, 7) is 11.1. The minimum Gasteiger partial charge on any atom is -0.465 e. The fraction of sp³-hybridized carbons (Fsp3) is 0.533. The molecule has 0 aromatic carbocycles. The summed E-state index contributed by atoms with van der Waals surface area (Å²) in [5.41, 5.74) is 2.18. The van der Waals surface area contributed by atoms with Crippen molar-refractivity contribution in [3.8, 4) is 0 Å². The third kappa shape index (κ3) is 3.07. The van der Waals surface area contributed by atoms with Crippen molar-refractivity contribution in [3.63, 3.8) is 0 Å². The van der Waals surface area contributed by atoms with Crippen molar-refractivity contribution < 1.29 is 8.94 Å². The molecular weight excluding hydrogens is 240 g/mol. The second-order valence-corrected chi connectivity index (χ2v) is 5.22. The number of furan rings is 1. The van der Waals surface area contributed by atoms with E-state index in [4.69, 9.17) is 8.94 Å². The summed E-state index contributed by atoms with van der Waals surface area (Å²) in [7, 11) is 0. The summed E-state index contributed by atoms with van der Waals surface area (Å²) < 4.78 is 10.8. The van der Waals surface area contributed by atoms with Crippen LogP contribution in [-0.4, -0.2) is 11.7 Å². The molecule has 1 N–H and O–H groups in total. The van der Waals surface area contributed by atoms with E-state index >= 15 is 0 Å². The van der Waals surface area contributed by atoms with Crippen molar-refractivity contribution in [2.24, 2.45) is 0 Å². The summed E-state index contributed by atoms with van der Waals surface area (Å²) in [5.74, 6) is 3.20. The van der Waals surface area contributed by atoms with Crippen LogP contribution in [0.25, 0.3) is 0 Å². The molecule has 0 saturated heterocycles. The van der Waals surface area contributed by atoms with Crippen LogP contribution >= 0.6 is 0 Å². The number of hydrogen-bond acceptors (Lipinski definition) is 4. The maximum Gasteiger partial charge on any atom is 0.137 e. The van der Waals surface area contributed by atoms with Gasteiger partial charge in [-0.2, -0.15) is 0 Å². The van der Waals surface area contributed by atoms with Crippen LogP contribution in [0.4, 0.5) is 0 Å². The largest absolute Gasteiger partial charge is 0.465 e. The molecule has 4 nitrogen and oxygen atoms in total. The Hall–Kier alpha value is -1.55. The topological polar surface area (TPSA) is 51.2 Å². The Kier molecular flexibility index (Phi) is 4.10. The minimum atomic E-state index is 0.205. The molecule has 2 heterocycles. The van der Waals surface area contributed by atoms with Crippen LogP contribution in [0.5, 0.6) is 0 Å². The zero-order valence-corrected chi connectivity index (χ0v) is 12.3. The number of nitrogens with one attached hydrogen (secondary N) is 1. The standard InChI is InChI=1S/C15H22N2O2/c1-9(15-12(4)17-19-13(15)5)8-16-11(3)14-7-6-10(2)18-14/h6-7,9,11,16H,8H2,1-5H3/t9-,11+/m1/s1. The lowest BCUT2D eigenvalue weighted by Gasteiger charge is -2.16. The van der Waals surface area contributed by atoms with E-state index in [1.54, 1.807) is 0 Å². The monoisotopic (exact) mass is 262 g/mol. The summed E-state index contributed by atoms with van der Waals surface area (Å²) >= 11 is 0. The van der Waals surface area contributed by atoms with Crippen molar-refractivity contribution in [1.82, 2.24) is 10.5 Å². The quantitative estimate of drug-likeness (QED) is 0.893.